The second-order valence-corrected chi connectivity index (χ2v) is 8.96. The van der Waals surface area contributed by atoms with E-state index in [-0.39, 0.29) is 5.92 Å². The smallest absolute Gasteiger partial charge is 0.183 e. The van der Waals surface area contributed by atoms with Crippen LogP contribution in [0.25, 0.3) is 10.2 Å². The highest BCUT2D eigenvalue weighted by atomic mass is 79.9. The van der Waals surface area contributed by atoms with Crippen LogP contribution in [0.2, 0.25) is 0 Å². The fourth-order valence-corrected chi connectivity index (χ4v) is 5.30. The number of fused-ring (bicyclic) bond motifs is 1. The molecular weight excluding hydrogens is 348 g/mol. The Morgan fingerprint density at radius 3 is 3.05 bits per heavy atom. The summed E-state index contributed by atoms with van der Waals surface area (Å²) in [5.41, 5.74) is 0.959. The molecule has 1 aromatic carbocycles. The van der Waals surface area contributed by atoms with Gasteiger partial charge in [0.05, 0.1) is 21.7 Å². The topological polar surface area (TPSA) is 59.1 Å². The summed E-state index contributed by atoms with van der Waals surface area (Å²) in [5.74, 6) is 0.839. The Morgan fingerprint density at radius 2 is 2.32 bits per heavy atom. The third-order valence-electron chi connectivity index (χ3n) is 3.22. The van der Waals surface area contributed by atoms with E-state index in [1.165, 1.54) is 0 Å². The first kappa shape index (κ1) is 13.3. The minimum Gasteiger partial charge on any atom is -0.361 e. The second kappa shape index (κ2) is 5.03. The van der Waals surface area contributed by atoms with Crippen LogP contribution >= 0.6 is 27.3 Å². The zero-order valence-electron chi connectivity index (χ0n) is 10.1. The summed E-state index contributed by atoms with van der Waals surface area (Å²) in [6.07, 6.45) is 0.756. The molecular formula is C12H13BrN2O2S2. The highest BCUT2D eigenvalue weighted by Gasteiger charge is 2.27. The molecule has 1 saturated heterocycles. The normalized spacial score (nSPS) is 21.8. The monoisotopic (exact) mass is 360 g/mol. The Balaban J connectivity index is 1.69. The molecule has 0 aliphatic carbocycles. The molecule has 102 valence electrons. The number of halogens is 1. The molecule has 1 aromatic heterocycles. The molecule has 2 heterocycles. The molecule has 0 radical (unpaired) electrons. The van der Waals surface area contributed by atoms with Crippen LogP contribution in [0.5, 0.6) is 0 Å². The number of sulfone groups is 1. The lowest BCUT2D eigenvalue weighted by atomic mass is 10.1. The first-order valence-electron chi connectivity index (χ1n) is 6.02. The van der Waals surface area contributed by atoms with Crippen LogP contribution in [0.15, 0.2) is 22.7 Å². The van der Waals surface area contributed by atoms with E-state index in [1.807, 2.05) is 18.2 Å². The van der Waals surface area contributed by atoms with E-state index >= 15 is 0 Å². The van der Waals surface area contributed by atoms with E-state index in [2.05, 4.69) is 26.2 Å². The maximum absolute atomic E-state index is 11.4. The number of nitrogens with zero attached hydrogens (tertiary/aromatic N) is 1. The lowest BCUT2D eigenvalue weighted by Gasteiger charge is -2.07. The average molecular weight is 361 g/mol. The minimum absolute atomic E-state index is 0.212. The van der Waals surface area contributed by atoms with E-state index < -0.39 is 9.84 Å². The van der Waals surface area contributed by atoms with Gasteiger partial charge in [0.15, 0.2) is 15.0 Å². The Hall–Kier alpha value is -0.660. The lowest BCUT2D eigenvalue weighted by molar-refractivity contribution is 0.596. The van der Waals surface area contributed by atoms with Gasteiger partial charge in [0.1, 0.15) is 0 Å². The van der Waals surface area contributed by atoms with Crippen molar-refractivity contribution in [2.75, 3.05) is 23.4 Å². The number of thiazole rings is 1. The van der Waals surface area contributed by atoms with Crippen LogP contribution in [-0.4, -0.2) is 31.5 Å². The number of nitrogens with one attached hydrogen (secondary N) is 1. The van der Waals surface area contributed by atoms with E-state index in [4.69, 9.17) is 0 Å². The maximum Gasteiger partial charge on any atom is 0.183 e. The standard InChI is InChI=1S/C12H13BrN2O2S2/c13-9-1-2-11-10(5-9)15-12(18-11)14-6-8-3-4-19(16,17)7-8/h1-2,5,8H,3-4,6-7H2,(H,14,15). The van der Waals surface area contributed by atoms with Gasteiger partial charge in [-0.15, -0.1) is 0 Å². The Morgan fingerprint density at radius 1 is 1.47 bits per heavy atom. The number of aromatic nitrogens is 1. The summed E-state index contributed by atoms with van der Waals surface area (Å²) < 4.78 is 24.9. The van der Waals surface area contributed by atoms with Crippen molar-refractivity contribution in [3.8, 4) is 0 Å². The number of rotatable bonds is 3. The van der Waals surface area contributed by atoms with Crippen LogP contribution < -0.4 is 5.32 Å². The molecule has 19 heavy (non-hydrogen) atoms. The van der Waals surface area contributed by atoms with Crippen molar-refractivity contribution in [1.82, 2.24) is 4.98 Å². The molecule has 2 aromatic rings. The largest absolute Gasteiger partial charge is 0.361 e. The van der Waals surface area contributed by atoms with Crippen molar-refractivity contribution in [3.63, 3.8) is 0 Å². The van der Waals surface area contributed by atoms with Gasteiger partial charge in [-0.25, -0.2) is 13.4 Å². The van der Waals surface area contributed by atoms with Gasteiger partial charge in [0, 0.05) is 11.0 Å². The summed E-state index contributed by atoms with van der Waals surface area (Å²) in [6, 6.07) is 6.01. The molecule has 1 fully saturated rings. The molecule has 4 nitrogen and oxygen atoms in total. The van der Waals surface area contributed by atoms with Gasteiger partial charge >= 0.3 is 0 Å². The van der Waals surface area contributed by atoms with Gasteiger partial charge in [-0.2, -0.15) is 0 Å². The summed E-state index contributed by atoms with van der Waals surface area (Å²) in [4.78, 5) is 4.50. The Bertz CT molecular complexity index is 712. The van der Waals surface area contributed by atoms with Gasteiger partial charge in [-0.05, 0) is 30.5 Å². The highest BCUT2D eigenvalue weighted by molar-refractivity contribution is 9.10. The summed E-state index contributed by atoms with van der Waals surface area (Å²) in [5, 5.41) is 4.12. The average Bonchev–Trinajstić information content (AvgIpc) is 2.89. The van der Waals surface area contributed by atoms with Gasteiger partial charge in [-0.1, -0.05) is 27.3 Å². The van der Waals surface area contributed by atoms with Gasteiger partial charge in [-0.3, -0.25) is 0 Å². The van der Waals surface area contributed by atoms with Crippen molar-refractivity contribution in [3.05, 3.63) is 22.7 Å². The molecule has 1 aliphatic heterocycles. The third-order valence-corrected chi connectivity index (χ3v) is 6.54. The van der Waals surface area contributed by atoms with Crippen molar-refractivity contribution >= 4 is 52.5 Å². The number of benzene rings is 1. The van der Waals surface area contributed by atoms with Crippen LogP contribution in [0.3, 0.4) is 0 Å². The fraction of sp³-hybridized carbons (Fsp3) is 0.417. The van der Waals surface area contributed by atoms with E-state index in [0.29, 0.717) is 18.1 Å². The van der Waals surface area contributed by atoms with E-state index in [9.17, 15) is 8.42 Å². The summed E-state index contributed by atoms with van der Waals surface area (Å²) in [7, 11) is -2.79. The molecule has 3 rings (SSSR count). The van der Waals surface area contributed by atoms with Gasteiger partial charge in [0.2, 0.25) is 0 Å². The highest BCUT2D eigenvalue weighted by Crippen LogP contribution is 2.28. The zero-order chi connectivity index (χ0) is 13.5. The predicted molar refractivity (Wildman–Crippen MR) is 82.6 cm³/mol. The molecule has 0 bridgehead atoms. The first-order chi connectivity index (χ1) is 9.02. The zero-order valence-corrected chi connectivity index (χ0v) is 13.3. The van der Waals surface area contributed by atoms with Crippen molar-refractivity contribution in [2.24, 2.45) is 5.92 Å². The quantitative estimate of drug-likeness (QED) is 0.913. The molecule has 0 spiro atoms. The molecule has 1 unspecified atom stereocenters. The SMILES string of the molecule is O=S1(=O)CCC(CNc2nc3cc(Br)ccc3s2)C1. The van der Waals surface area contributed by atoms with E-state index in [0.717, 1.165) is 26.2 Å². The predicted octanol–water partition coefficient (Wildman–Crippen LogP) is 2.91. The molecule has 0 saturated carbocycles. The third kappa shape index (κ3) is 3.09. The summed E-state index contributed by atoms with van der Waals surface area (Å²) in [6.45, 7) is 0.681. The Kier molecular flexibility index (Phi) is 3.53. The van der Waals surface area contributed by atoms with Crippen LogP contribution in [0, 0.1) is 5.92 Å². The lowest BCUT2D eigenvalue weighted by Crippen LogP contribution is -2.15. The van der Waals surface area contributed by atoms with Crippen LogP contribution in [-0.2, 0) is 9.84 Å². The number of anilines is 1. The number of hydrogen-bond donors (Lipinski definition) is 1. The van der Waals surface area contributed by atoms with Gasteiger partial charge < -0.3 is 5.32 Å². The first-order valence-corrected chi connectivity index (χ1v) is 9.45. The van der Waals surface area contributed by atoms with Crippen molar-refractivity contribution in [2.45, 2.75) is 6.42 Å². The van der Waals surface area contributed by atoms with Crippen LogP contribution in [0.4, 0.5) is 5.13 Å². The van der Waals surface area contributed by atoms with Crippen molar-refractivity contribution < 1.29 is 8.42 Å². The molecule has 1 aliphatic rings. The number of hydrogen-bond acceptors (Lipinski definition) is 5. The minimum atomic E-state index is -2.79. The van der Waals surface area contributed by atoms with E-state index in [1.54, 1.807) is 11.3 Å². The maximum atomic E-state index is 11.4. The molecule has 0 amide bonds. The molecule has 7 heteroatoms. The van der Waals surface area contributed by atoms with Crippen LogP contribution in [0.1, 0.15) is 6.42 Å². The molecule has 1 N–H and O–H groups in total. The summed E-state index contributed by atoms with van der Waals surface area (Å²) >= 11 is 5.02. The Labute approximate surface area is 124 Å². The van der Waals surface area contributed by atoms with Gasteiger partial charge in [0.25, 0.3) is 0 Å². The fourth-order valence-electron chi connectivity index (χ4n) is 2.24. The molecule has 1 atom stereocenters. The second-order valence-electron chi connectivity index (χ2n) is 4.78. The van der Waals surface area contributed by atoms with Crippen molar-refractivity contribution in [1.29, 1.82) is 0 Å².